The predicted molar refractivity (Wildman–Crippen MR) is 145 cm³/mol. The van der Waals surface area contributed by atoms with E-state index >= 15 is 0 Å². The number of hydrogen-bond acceptors (Lipinski definition) is 6. The molecule has 0 bridgehead atoms. The maximum atomic E-state index is 11.3. The van der Waals surface area contributed by atoms with Gasteiger partial charge in [0.1, 0.15) is 5.75 Å². The number of carbonyl (C=O) groups is 1. The van der Waals surface area contributed by atoms with Crippen molar-refractivity contribution in [2.45, 2.75) is 58.0 Å². The van der Waals surface area contributed by atoms with Crippen LogP contribution in [0.1, 0.15) is 59.9 Å². The quantitative estimate of drug-likeness (QED) is 0.317. The molecule has 0 radical (unpaired) electrons. The van der Waals surface area contributed by atoms with Crippen LogP contribution < -0.4 is 4.74 Å². The number of ether oxygens (including phenoxy) is 1. The number of methoxy groups -OCH3 is 1. The van der Waals surface area contributed by atoms with E-state index in [9.17, 15) is 15.0 Å². The third-order valence-corrected chi connectivity index (χ3v) is 8.61. The summed E-state index contributed by atoms with van der Waals surface area (Å²) >= 11 is 1.88. The molecule has 6 nitrogen and oxygen atoms in total. The van der Waals surface area contributed by atoms with Crippen molar-refractivity contribution in [1.82, 2.24) is 9.88 Å². The van der Waals surface area contributed by atoms with Crippen LogP contribution in [-0.2, 0) is 11.2 Å². The van der Waals surface area contributed by atoms with E-state index in [1.54, 1.807) is 13.3 Å². The van der Waals surface area contributed by atoms with Crippen molar-refractivity contribution in [2.75, 3.05) is 26.7 Å². The average Bonchev–Trinajstić information content (AvgIpc) is 3.30. The molecule has 36 heavy (non-hydrogen) atoms. The van der Waals surface area contributed by atoms with E-state index in [4.69, 9.17) is 4.74 Å². The monoisotopic (exact) mass is 510 g/mol. The summed E-state index contributed by atoms with van der Waals surface area (Å²) in [6.07, 6.45) is 6.91. The smallest absolute Gasteiger partial charge is 0.303 e. The van der Waals surface area contributed by atoms with Gasteiger partial charge in [-0.3, -0.25) is 9.78 Å². The number of carboxylic acid groups (broad SMARTS) is 1. The van der Waals surface area contributed by atoms with Gasteiger partial charge in [-0.1, -0.05) is 0 Å². The number of aliphatic hydroxyl groups excluding tert-OH is 1. The van der Waals surface area contributed by atoms with Crippen LogP contribution in [0.4, 0.5) is 0 Å². The average molecular weight is 511 g/mol. The Hall–Kier alpha value is -2.48. The van der Waals surface area contributed by atoms with Crippen LogP contribution in [-0.4, -0.2) is 52.8 Å². The van der Waals surface area contributed by atoms with E-state index in [1.165, 1.54) is 9.75 Å². The highest BCUT2D eigenvalue weighted by molar-refractivity contribution is 7.11. The zero-order chi connectivity index (χ0) is 25.5. The van der Waals surface area contributed by atoms with Gasteiger partial charge >= 0.3 is 5.97 Å². The number of likely N-dealkylation sites (tertiary alicyclic amines) is 1. The third kappa shape index (κ3) is 7.05. The van der Waals surface area contributed by atoms with Crippen molar-refractivity contribution in [1.29, 1.82) is 0 Å². The second-order valence-corrected chi connectivity index (χ2v) is 11.4. The number of aliphatic hydroxyl groups is 1. The summed E-state index contributed by atoms with van der Waals surface area (Å²) in [7, 11) is 1.64. The molecule has 3 heterocycles. The standard InChI is InChI=1S/C29H38N2O4S/c1-20-5-9-24(36-20)4-3-16-31-17-14-21(22(19-31)7-12-29(33)34)6-11-28(32)25-13-15-30-27-10-8-23(35-2)18-26(25)27/h5,8-10,13,15,18,21-22,28,32H,3-4,6-7,11-12,14,16-17,19H2,1-2H3,(H,33,34)/t21-,22+,28?/m1/s1. The van der Waals surface area contributed by atoms with Crippen LogP contribution in [0.15, 0.2) is 42.6 Å². The number of aliphatic carboxylic acids is 1. The number of piperidine rings is 1. The molecular weight excluding hydrogens is 472 g/mol. The van der Waals surface area contributed by atoms with Crippen LogP contribution in [0, 0.1) is 18.8 Å². The van der Waals surface area contributed by atoms with Crippen LogP contribution in [0.3, 0.4) is 0 Å². The molecule has 3 atom stereocenters. The predicted octanol–water partition coefficient (Wildman–Crippen LogP) is 5.86. The van der Waals surface area contributed by atoms with E-state index in [0.717, 1.165) is 67.5 Å². The van der Waals surface area contributed by atoms with Crippen LogP contribution in [0.5, 0.6) is 5.75 Å². The van der Waals surface area contributed by atoms with Crippen molar-refractivity contribution in [3.8, 4) is 5.75 Å². The molecule has 1 aliphatic rings. The third-order valence-electron chi connectivity index (χ3n) is 7.55. The maximum Gasteiger partial charge on any atom is 0.303 e. The lowest BCUT2D eigenvalue weighted by molar-refractivity contribution is -0.137. The van der Waals surface area contributed by atoms with Crippen LogP contribution >= 0.6 is 11.3 Å². The summed E-state index contributed by atoms with van der Waals surface area (Å²) in [6.45, 7) is 5.20. The first-order valence-electron chi connectivity index (χ1n) is 13.0. The largest absolute Gasteiger partial charge is 0.497 e. The molecule has 194 valence electrons. The Balaban J connectivity index is 1.35. The molecule has 3 aromatic rings. The molecule has 4 rings (SSSR count). The highest BCUT2D eigenvalue weighted by Gasteiger charge is 2.30. The Bertz CT molecular complexity index is 1150. The number of aromatic nitrogens is 1. The summed E-state index contributed by atoms with van der Waals surface area (Å²) in [5, 5.41) is 21.3. The van der Waals surface area contributed by atoms with E-state index in [1.807, 2.05) is 35.6 Å². The van der Waals surface area contributed by atoms with Gasteiger partial charge in [0, 0.05) is 34.3 Å². The molecule has 1 saturated heterocycles. The van der Waals surface area contributed by atoms with Gasteiger partial charge in [-0.05, 0) is 112 Å². The SMILES string of the molecule is COc1ccc2nccc(C(O)CC[C@@H]3CCN(CCCc4ccc(C)s4)C[C@@H]3CCC(=O)O)c2c1. The molecule has 2 aromatic heterocycles. The van der Waals surface area contributed by atoms with Crippen molar-refractivity contribution in [3.05, 3.63) is 57.9 Å². The Morgan fingerprint density at radius 1 is 1.22 bits per heavy atom. The van der Waals surface area contributed by atoms with E-state index in [-0.39, 0.29) is 6.42 Å². The number of pyridine rings is 1. The molecule has 1 fully saturated rings. The minimum Gasteiger partial charge on any atom is -0.497 e. The highest BCUT2D eigenvalue weighted by atomic mass is 32.1. The molecule has 0 spiro atoms. The Labute approximate surface area is 217 Å². The van der Waals surface area contributed by atoms with Gasteiger partial charge in [0.2, 0.25) is 0 Å². The van der Waals surface area contributed by atoms with E-state index in [0.29, 0.717) is 24.7 Å². The van der Waals surface area contributed by atoms with Crippen LogP contribution in [0.2, 0.25) is 0 Å². The second-order valence-electron chi connectivity index (χ2n) is 10.0. The number of hydrogen-bond donors (Lipinski definition) is 2. The first-order chi connectivity index (χ1) is 17.4. The number of carboxylic acids is 1. The lowest BCUT2D eigenvalue weighted by atomic mass is 9.79. The second kappa shape index (κ2) is 12.7. The molecule has 1 unspecified atom stereocenters. The number of nitrogens with zero attached hydrogens (tertiary/aromatic N) is 2. The first-order valence-corrected chi connectivity index (χ1v) is 13.8. The summed E-state index contributed by atoms with van der Waals surface area (Å²) in [6, 6.07) is 12.1. The Morgan fingerprint density at radius 3 is 2.83 bits per heavy atom. The van der Waals surface area contributed by atoms with Gasteiger partial charge in [-0.15, -0.1) is 11.3 Å². The molecule has 7 heteroatoms. The van der Waals surface area contributed by atoms with E-state index in [2.05, 4.69) is 28.9 Å². The van der Waals surface area contributed by atoms with Gasteiger partial charge < -0.3 is 19.8 Å². The zero-order valence-electron chi connectivity index (χ0n) is 21.4. The molecular formula is C29H38N2O4S. The van der Waals surface area contributed by atoms with Gasteiger partial charge in [-0.2, -0.15) is 0 Å². The molecule has 2 N–H and O–H groups in total. The number of fused-ring (bicyclic) bond motifs is 1. The fourth-order valence-electron chi connectivity index (χ4n) is 5.56. The summed E-state index contributed by atoms with van der Waals surface area (Å²) in [5.74, 6) is 0.800. The van der Waals surface area contributed by atoms with Crippen LogP contribution in [0.25, 0.3) is 10.9 Å². The Morgan fingerprint density at radius 2 is 2.08 bits per heavy atom. The maximum absolute atomic E-state index is 11.3. The summed E-state index contributed by atoms with van der Waals surface area (Å²) < 4.78 is 5.38. The molecule has 0 aliphatic carbocycles. The highest BCUT2D eigenvalue weighted by Crippen LogP contribution is 2.35. The molecule has 1 aliphatic heterocycles. The van der Waals surface area contributed by atoms with Crippen molar-refractivity contribution < 1.29 is 19.7 Å². The van der Waals surface area contributed by atoms with Gasteiger partial charge in [0.25, 0.3) is 0 Å². The van der Waals surface area contributed by atoms with Gasteiger partial charge in [0.15, 0.2) is 0 Å². The summed E-state index contributed by atoms with van der Waals surface area (Å²) in [4.78, 5) is 21.1. The molecule has 1 aromatic carbocycles. The lowest BCUT2D eigenvalue weighted by Crippen LogP contribution is -2.41. The number of thiophene rings is 1. The lowest BCUT2D eigenvalue weighted by Gasteiger charge is -2.39. The minimum absolute atomic E-state index is 0.209. The zero-order valence-corrected chi connectivity index (χ0v) is 22.2. The minimum atomic E-state index is -0.726. The van der Waals surface area contributed by atoms with Gasteiger partial charge in [0.05, 0.1) is 18.7 Å². The topological polar surface area (TPSA) is 82.9 Å². The Kier molecular flexibility index (Phi) is 9.35. The van der Waals surface area contributed by atoms with Crippen molar-refractivity contribution in [2.24, 2.45) is 11.8 Å². The molecule has 0 amide bonds. The van der Waals surface area contributed by atoms with Crippen molar-refractivity contribution in [3.63, 3.8) is 0 Å². The summed E-state index contributed by atoms with van der Waals surface area (Å²) in [5.41, 5.74) is 1.72. The fourth-order valence-corrected chi connectivity index (χ4v) is 6.50. The van der Waals surface area contributed by atoms with E-state index < -0.39 is 12.1 Å². The van der Waals surface area contributed by atoms with Gasteiger partial charge in [-0.25, -0.2) is 0 Å². The first kappa shape index (κ1) is 26.6. The number of aryl methyl sites for hydroxylation is 2. The normalized spacial score (nSPS) is 19.4. The number of benzene rings is 1. The number of rotatable bonds is 12. The fraction of sp³-hybridized carbons (Fsp3) is 0.517. The van der Waals surface area contributed by atoms with Crippen molar-refractivity contribution >= 4 is 28.2 Å². The molecule has 0 saturated carbocycles.